The lowest BCUT2D eigenvalue weighted by atomic mass is 9.91. The average Bonchev–Trinajstić information content (AvgIpc) is 3.01. The summed E-state index contributed by atoms with van der Waals surface area (Å²) in [6.45, 7) is 2.19. The SMILES string of the molecule is Cc1ccc(-c2cccc3c2Cc2ccccc2-3)c2ccccc12. The highest BCUT2D eigenvalue weighted by Crippen LogP contribution is 2.43. The molecule has 0 heteroatoms. The molecule has 0 saturated heterocycles. The van der Waals surface area contributed by atoms with Gasteiger partial charge in [0.1, 0.15) is 0 Å². The van der Waals surface area contributed by atoms with Crippen molar-refractivity contribution in [1.82, 2.24) is 0 Å². The summed E-state index contributed by atoms with van der Waals surface area (Å²) >= 11 is 0. The largest absolute Gasteiger partial charge is 0.0619 e. The van der Waals surface area contributed by atoms with E-state index in [2.05, 4.69) is 85.8 Å². The van der Waals surface area contributed by atoms with Crippen LogP contribution >= 0.6 is 0 Å². The van der Waals surface area contributed by atoms with Crippen LogP contribution in [0.2, 0.25) is 0 Å². The number of fused-ring (bicyclic) bond motifs is 4. The van der Waals surface area contributed by atoms with Crippen molar-refractivity contribution in [3.05, 3.63) is 95.6 Å². The first kappa shape index (κ1) is 13.6. The molecule has 24 heavy (non-hydrogen) atoms. The summed E-state index contributed by atoms with van der Waals surface area (Å²) in [4.78, 5) is 0. The van der Waals surface area contributed by atoms with Crippen molar-refractivity contribution in [3.8, 4) is 22.3 Å². The summed E-state index contributed by atoms with van der Waals surface area (Å²) in [6.07, 6.45) is 1.03. The normalized spacial score (nSPS) is 12.2. The van der Waals surface area contributed by atoms with E-state index in [4.69, 9.17) is 0 Å². The first-order valence-corrected chi connectivity index (χ1v) is 8.52. The molecule has 0 N–H and O–H groups in total. The van der Waals surface area contributed by atoms with Gasteiger partial charge < -0.3 is 0 Å². The summed E-state index contributed by atoms with van der Waals surface area (Å²) in [5.74, 6) is 0. The van der Waals surface area contributed by atoms with Crippen LogP contribution in [0.15, 0.2) is 78.9 Å². The molecule has 0 fully saturated rings. The van der Waals surface area contributed by atoms with E-state index >= 15 is 0 Å². The van der Waals surface area contributed by atoms with Crippen molar-refractivity contribution in [2.24, 2.45) is 0 Å². The molecule has 0 heterocycles. The number of hydrogen-bond donors (Lipinski definition) is 0. The van der Waals surface area contributed by atoms with Gasteiger partial charge in [0, 0.05) is 0 Å². The summed E-state index contributed by atoms with van der Waals surface area (Å²) < 4.78 is 0. The van der Waals surface area contributed by atoms with Gasteiger partial charge in [0.25, 0.3) is 0 Å². The molecule has 0 radical (unpaired) electrons. The topological polar surface area (TPSA) is 0 Å². The first-order valence-electron chi connectivity index (χ1n) is 8.52. The van der Waals surface area contributed by atoms with Gasteiger partial charge in [-0.1, -0.05) is 78.9 Å². The third-order valence-corrected chi connectivity index (χ3v) is 5.28. The van der Waals surface area contributed by atoms with Gasteiger partial charge in [-0.05, 0) is 63.1 Å². The zero-order chi connectivity index (χ0) is 16.1. The second kappa shape index (κ2) is 5.07. The number of aryl methyl sites for hydroxylation is 1. The van der Waals surface area contributed by atoms with Crippen LogP contribution in [0.4, 0.5) is 0 Å². The van der Waals surface area contributed by atoms with E-state index in [0.717, 1.165) is 6.42 Å². The van der Waals surface area contributed by atoms with Gasteiger partial charge in [-0.15, -0.1) is 0 Å². The zero-order valence-corrected chi connectivity index (χ0v) is 13.7. The Balaban J connectivity index is 1.81. The molecule has 4 aromatic rings. The zero-order valence-electron chi connectivity index (χ0n) is 13.7. The van der Waals surface area contributed by atoms with Crippen molar-refractivity contribution in [2.45, 2.75) is 13.3 Å². The fourth-order valence-corrected chi connectivity index (χ4v) is 4.09. The maximum Gasteiger partial charge on any atom is -0.000728 e. The van der Waals surface area contributed by atoms with E-state index in [0.29, 0.717) is 0 Å². The summed E-state index contributed by atoms with van der Waals surface area (Å²) in [6, 6.07) is 28.8. The lowest BCUT2D eigenvalue weighted by Gasteiger charge is -2.13. The number of benzene rings is 4. The predicted molar refractivity (Wildman–Crippen MR) is 102 cm³/mol. The van der Waals surface area contributed by atoms with E-state index in [9.17, 15) is 0 Å². The molecular formula is C24H18. The third kappa shape index (κ3) is 1.86. The highest BCUT2D eigenvalue weighted by Gasteiger charge is 2.21. The number of rotatable bonds is 1. The van der Waals surface area contributed by atoms with Crippen molar-refractivity contribution in [1.29, 1.82) is 0 Å². The molecule has 0 aromatic heterocycles. The minimum absolute atomic E-state index is 1.03. The Labute approximate surface area is 142 Å². The second-order valence-electron chi connectivity index (χ2n) is 6.64. The molecule has 0 nitrogen and oxygen atoms in total. The fourth-order valence-electron chi connectivity index (χ4n) is 4.09. The van der Waals surface area contributed by atoms with Crippen LogP contribution in [-0.4, -0.2) is 0 Å². The Hall–Kier alpha value is -2.86. The van der Waals surface area contributed by atoms with E-state index in [1.807, 2.05) is 0 Å². The minimum atomic E-state index is 1.03. The monoisotopic (exact) mass is 306 g/mol. The molecule has 0 unspecified atom stereocenters. The summed E-state index contributed by atoms with van der Waals surface area (Å²) in [5.41, 5.74) is 9.76. The Morgan fingerprint density at radius 2 is 1.21 bits per heavy atom. The van der Waals surface area contributed by atoms with Gasteiger partial charge in [0.05, 0.1) is 0 Å². The molecule has 114 valence electrons. The van der Waals surface area contributed by atoms with E-state index in [1.165, 1.54) is 49.7 Å². The van der Waals surface area contributed by atoms with Crippen molar-refractivity contribution < 1.29 is 0 Å². The van der Waals surface area contributed by atoms with Gasteiger partial charge in [-0.2, -0.15) is 0 Å². The average molecular weight is 306 g/mol. The van der Waals surface area contributed by atoms with Crippen LogP contribution in [-0.2, 0) is 6.42 Å². The summed E-state index contributed by atoms with van der Waals surface area (Å²) in [7, 11) is 0. The van der Waals surface area contributed by atoms with E-state index in [-0.39, 0.29) is 0 Å². The predicted octanol–water partition coefficient (Wildman–Crippen LogP) is 6.39. The van der Waals surface area contributed by atoms with Gasteiger partial charge in [0.2, 0.25) is 0 Å². The lowest BCUT2D eigenvalue weighted by Crippen LogP contribution is -1.90. The first-order chi connectivity index (χ1) is 11.8. The second-order valence-corrected chi connectivity index (χ2v) is 6.64. The maximum absolute atomic E-state index is 2.29. The highest BCUT2D eigenvalue weighted by atomic mass is 14.2. The van der Waals surface area contributed by atoms with Crippen molar-refractivity contribution in [3.63, 3.8) is 0 Å². The Morgan fingerprint density at radius 1 is 0.542 bits per heavy atom. The van der Waals surface area contributed by atoms with Gasteiger partial charge in [-0.3, -0.25) is 0 Å². The molecule has 5 rings (SSSR count). The molecule has 0 saturated carbocycles. The fraction of sp³-hybridized carbons (Fsp3) is 0.0833. The van der Waals surface area contributed by atoms with Crippen LogP contribution in [0.1, 0.15) is 16.7 Å². The summed E-state index contributed by atoms with van der Waals surface area (Å²) in [5, 5.41) is 2.70. The van der Waals surface area contributed by atoms with Crippen molar-refractivity contribution in [2.75, 3.05) is 0 Å². The highest BCUT2D eigenvalue weighted by molar-refractivity contribution is 6.00. The Bertz CT molecular complexity index is 1090. The Morgan fingerprint density at radius 3 is 2.08 bits per heavy atom. The molecule has 0 spiro atoms. The van der Waals surface area contributed by atoms with E-state index < -0.39 is 0 Å². The van der Waals surface area contributed by atoms with Crippen LogP contribution in [0.3, 0.4) is 0 Å². The lowest BCUT2D eigenvalue weighted by molar-refractivity contribution is 1.26. The van der Waals surface area contributed by atoms with Gasteiger partial charge in [0.15, 0.2) is 0 Å². The molecule has 4 aromatic carbocycles. The van der Waals surface area contributed by atoms with Gasteiger partial charge in [-0.25, -0.2) is 0 Å². The van der Waals surface area contributed by atoms with Gasteiger partial charge >= 0.3 is 0 Å². The van der Waals surface area contributed by atoms with Crippen molar-refractivity contribution >= 4 is 10.8 Å². The minimum Gasteiger partial charge on any atom is -0.0619 e. The van der Waals surface area contributed by atoms with Crippen LogP contribution in [0.5, 0.6) is 0 Å². The molecule has 0 amide bonds. The van der Waals surface area contributed by atoms with Crippen LogP contribution in [0, 0.1) is 6.92 Å². The molecule has 0 aliphatic heterocycles. The maximum atomic E-state index is 2.29. The van der Waals surface area contributed by atoms with Crippen LogP contribution in [0.25, 0.3) is 33.0 Å². The standard InChI is InChI=1S/C24H18/c1-16-13-14-23(20-10-5-4-8-18(16)20)22-12-6-11-21-19-9-3-2-7-17(19)15-24(21)22/h2-14H,15H2,1H3. The molecule has 0 bridgehead atoms. The smallest absolute Gasteiger partial charge is 0.000728 e. The Kier molecular flexibility index (Phi) is 2.87. The molecule has 1 aliphatic rings. The molecular weight excluding hydrogens is 288 g/mol. The third-order valence-electron chi connectivity index (χ3n) is 5.28. The number of hydrogen-bond acceptors (Lipinski definition) is 0. The quantitative estimate of drug-likeness (QED) is 0.337. The van der Waals surface area contributed by atoms with E-state index in [1.54, 1.807) is 0 Å². The molecule has 0 atom stereocenters. The molecule has 1 aliphatic carbocycles. The van der Waals surface area contributed by atoms with Crippen LogP contribution < -0.4 is 0 Å².